The first-order valence-electron chi connectivity index (χ1n) is 12.5. The number of carbonyl (C=O) groups is 2. The van der Waals surface area contributed by atoms with Gasteiger partial charge in [0.1, 0.15) is 11.5 Å². The molecule has 0 saturated heterocycles. The molecule has 0 radical (unpaired) electrons. The first-order valence-corrected chi connectivity index (χ1v) is 12.5. The highest BCUT2D eigenvalue weighted by Gasteiger charge is 2.34. The van der Waals surface area contributed by atoms with Gasteiger partial charge in [0.05, 0.1) is 17.7 Å². The van der Waals surface area contributed by atoms with E-state index in [-0.39, 0.29) is 17.6 Å². The SMILES string of the molecule is CCCCCc1cc(O)cc(OCCCCCCCCCN2C(=O)c3ccccc3C2=O)c1. The van der Waals surface area contributed by atoms with Gasteiger partial charge in [0, 0.05) is 12.6 Å². The predicted molar refractivity (Wildman–Crippen MR) is 131 cm³/mol. The van der Waals surface area contributed by atoms with E-state index in [1.807, 2.05) is 12.1 Å². The predicted octanol–water partition coefficient (Wildman–Crippen LogP) is 6.53. The van der Waals surface area contributed by atoms with Crippen molar-refractivity contribution in [2.24, 2.45) is 0 Å². The number of aryl methyl sites for hydroxylation is 1. The van der Waals surface area contributed by atoms with Crippen LogP contribution in [0.15, 0.2) is 42.5 Å². The van der Waals surface area contributed by atoms with Crippen molar-refractivity contribution in [3.8, 4) is 11.5 Å². The number of imide groups is 1. The summed E-state index contributed by atoms with van der Waals surface area (Å²) in [5.41, 5.74) is 2.20. The standard InChI is InChI=1S/C28H37NO4/c1-2-3-9-14-22-19-23(30)21-24(20-22)33-18-13-8-6-4-5-7-12-17-29-27(31)25-15-10-11-16-26(25)28(29)32/h10-11,15-16,19-21,30H,2-9,12-14,17-18H2,1H3. The number of hydrogen-bond acceptors (Lipinski definition) is 4. The summed E-state index contributed by atoms with van der Waals surface area (Å²) in [5, 5.41) is 9.92. The molecule has 5 heteroatoms. The van der Waals surface area contributed by atoms with E-state index in [0.29, 0.717) is 24.3 Å². The minimum Gasteiger partial charge on any atom is -0.508 e. The van der Waals surface area contributed by atoms with Crippen molar-refractivity contribution >= 4 is 11.8 Å². The highest BCUT2D eigenvalue weighted by molar-refractivity contribution is 6.21. The Morgan fingerprint density at radius 3 is 2.09 bits per heavy atom. The van der Waals surface area contributed by atoms with Crippen LogP contribution < -0.4 is 4.74 Å². The zero-order valence-electron chi connectivity index (χ0n) is 19.9. The molecule has 178 valence electrons. The van der Waals surface area contributed by atoms with Gasteiger partial charge in [-0.1, -0.05) is 64.0 Å². The van der Waals surface area contributed by atoms with Crippen LogP contribution in [0.4, 0.5) is 0 Å². The summed E-state index contributed by atoms with van der Waals surface area (Å²) >= 11 is 0. The molecule has 0 unspecified atom stereocenters. The van der Waals surface area contributed by atoms with Crippen LogP contribution in [0.2, 0.25) is 0 Å². The molecule has 2 aromatic rings. The van der Waals surface area contributed by atoms with E-state index in [0.717, 1.165) is 69.1 Å². The molecule has 0 aliphatic carbocycles. The Balaban J connectivity index is 1.22. The van der Waals surface area contributed by atoms with E-state index in [1.54, 1.807) is 30.3 Å². The molecule has 3 rings (SSSR count). The molecule has 33 heavy (non-hydrogen) atoms. The van der Waals surface area contributed by atoms with Crippen molar-refractivity contribution in [1.82, 2.24) is 4.90 Å². The van der Waals surface area contributed by atoms with E-state index in [2.05, 4.69) is 6.92 Å². The summed E-state index contributed by atoms with van der Waals surface area (Å²) in [6.07, 6.45) is 11.9. The maximum absolute atomic E-state index is 12.4. The van der Waals surface area contributed by atoms with Gasteiger partial charge < -0.3 is 9.84 Å². The molecule has 1 N–H and O–H groups in total. The zero-order chi connectivity index (χ0) is 23.5. The molecule has 0 fully saturated rings. The Morgan fingerprint density at radius 1 is 0.788 bits per heavy atom. The fraction of sp³-hybridized carbons (Fsp3) is 0.500. The number of unbranched alkanes of at least 4 members (excludes halogenated alkanes) is 8. The van der Waals surface area contributed by atoms with Gasteiger partial charge in [0.15, 0.2) is 0 Å². The highest BCUT2D eigenvalue weighted by Crippen LogP contribution is 2.24. The molecule has 0 atom stereocenters. The molecule has 0 saturated carbocycles. The van der Waals surface area contributed by atoms with Crippen LogP contribution >= 0.6 is 0 Å². The molecule has 2 amide bonds. The lowest BCUT2D eigenvalue weighted by Crippen LogP contribution is -2.30. The summed E-state index contributed by atoms with van der Waals surface area (Å²) in [5.74, 6) is 0.723. The normalized spacial score (nSPS) is 12.9. The van der Waals surface area contributed by atoms with Gasteiger partial charge >= 0.3 is 0 Å². The lowest BCUT2D eigenvalue weighted by atomic mass is 10.1. The van der Waals surface area contributed by atoms with Gasteiger partial charge in [-0.25, -0.2) is 0 Å². The number of amides is 2. The van der Waals surface area contributed by atoms with Crippen molar-refractivity contribution in [3.05, 3.63) is 59.2 Å². The summed E-state index contributed by atoms with van der Waals surface area (Å²) in [6.45, 7) is 3.36. The third-order valence-corrected chi connectivity index (χ3v) is 6.19. The molecule has 5 nitrogen and oxygen atoms in total. The van der Waals surface area contributed by atoms with Crippen LogP contribution in [0.1, 0.15) is 97.4 Å². The molecular formula is C28H37NO4. The largest absolute Gasteiger partial charge is 0.508 e. The van der Waals surface area contributed by atoms with E-state index >= 15 is 0 Å². The topological polar surface area (TPSA) is 66.8 Å². The summed E-state index contributed by atoms with van der Waals surface area (Å²) in [6, 6.07) is 12.6. The van der Waals surface area contributed by atoms with Crippen LogP contribution in [-0.4, -0.2) is 35.0 Å². The average molecular weight is 452 g/mol. The molecule has 2 aromatic carbocycles. The van der Waals surface area contributed by atoms with E-state index in [1.165, 1.54) is 17.7 Å². The number of phenols is 1. The van der Waals surface area contributed by atoms with Gasteiger partial charge in [-0.3, -0.25) is 14.5 Å². The number of aromatic hydroxyl groups is 1. The van der Waals surface area contributed by atoms with Gasteiger partial charge in [-0.15, -0.1) is 0 Å². The van der Waals surface area contributed by atoms with Crippen molar-refractivity contribution in [2.45, 2.75) is 77.6 Å². The molecule has 1 aliphatic rings. The van der Waals surface area contributed by atoms with Crippen LogP contribution in [-0.2, 0) is 6.42 Å². The summed E-state index contributed by atoms with van der Waals surface area (Å²) in [4.78, 5) is 26.1. The highest BCUT2D eigenvalue weighted by atomic mass is 16.5. The quantitative estimate of drug-likeness (QED) is 0.247. The second-order valence-electron chi connectivity index (χ2n) is 8.92. The monoisotopic (exact) mass is 451 g/mol. The minimum atomic E-state index is -0.157. The van der Waals surface area contributed by atoms with Crippen LogP contribution in [0.5, 0.6) is 11.5 Å². The van der Waals surface area contributed by atoms with Gasteiger partial charge in [-0.05, 0) is 55.5 Å². The van der Waals surface area contributed by atoms with Crippen LogP contribution in [0.3, 0.4) is 0 Å². The molecule has 0 spiro atoms. The third-order valence-electron chi connectivity index (χ3n) is 6.19. The fourth-order valence-electron chi connectivity index (χ4n) is 4.34. The number of ether oxygens (including phenoxy) is 1. The molecule has 0 aromatic heterocycles. The lowest BCUT2D eigenvalue weighted by Gasteiger charge is -2.13. The maximum atomic E-state index is 12.4. The van der Waals surface area contributed by atoms with Gasteiger partial charge in [-0.2, -0.15) is 0 Å². The molecular weight excluding hydrogens is 414 g/mol. The number of benzene rings is 2. The maximum Gasteiger partial charge on any atom is 0.261 e. The number of phenolic OH excluding ortho intramolecular Hbond substituents is 1. The number of nitrogens with zero attached hydrogens (tertiary/aromatic N) is 1. The second-order valence-corrected chi connectivity index (χ2v) is 8.92. The number of fused-ring (bicyclic) bond motifs is 1. The molecule has 1 aliphatic heterocycles. The van der Waals surface area contributed by atoms with Gasteiger partial charge in [0.25, 0.3) is 11.8 Å². The summed E-state index contributed by atoms with van der Waals surface area (Å²) in [7, 11) is 0. The van der Waals surface area contributed by atoms with Crippen molar-refractivity contribution in [1.29, 1.82) is 0 Å². The average Bonchev–Trinajstić information content (AvgIpc) is 3.05. The smallest absolute Gasteiger partial charge is 0.261 e. The molecule has 1 heterocycles. The van der Waals surface area contributed by atoms with Crippen LogP contribution in [0, 0.1) is 0 Å². The Labute approximate surface area is 197 Å². The number of hydrogen-bond donors (Lipinski definition) is 1. The summed E-state index contributed by atoms with van der Waals surface area (Å²) < 4.78 is 5.85. The Hall–Kier alpha value is -2.82. The van der Waals surface area contributed by atoms with Crippen LogP contribution in [0.25, 0.3) is 0 Å². The third kappa shape index (κ3) is 7.34. The van der Waals surface area contributed by atoms with Crippen molar-refractivity contribution in [2.75, 3.05) is 13.2 Å². The zero-order valence-corrected chi connectivity index (χ0v) is 19.9. The molecule has 0 bridgehead atoms. The first-order chi connectivity index (χ1) is 16.1. The Morgan fingerprint density at radius 2 is 1.42 bits per heavy atom. The van der Waals surface area contributed by atoms with Crippen molar-refractivity contribution < 1.29 is 19.4 Å². The van der Waals surface area contributed by atoms with Crippen molar-refractivity contribution in [3.63, 3.8) is 0 Å². The first kappa shape index (κ1) is 24.8. The van der Waals surface area contributed by atoms with Gasteiger partial charge in [0.2, 0.25) is 0 Å². The second kappa shape index (κ2) is 13.0. The fourth-order valence-corrected chi connectivity index (χ4v) is 4.34. The Kier molecular flexibility index (Phi) is 9.79. The number of rotatable bonds is 15. The lowest BCUT2D eigenvalue weighted by molar-refractivity contribution is 0.0651. The van der Waals surface area contributed by atoms with E-state index in [4.69, 9.17) is 4.74 Å². The minimum absolute atomic E-state index is 0.157. The van der Waals surface area contributed by atoms with E-state index in [9.17, 15) is 14.7 Å². The Bertz CT molecular complexity index is 889. The number of carbonyl (C=O) groups excluding carboxylic acids is 2. The van der Waals surface area contributed by atoms with E-state index < -0.39 is 0 Å².